The Bertz CT molecular complexity index is 638. The fourth-order valence-corrected chi connectivity index (χ4v) is 3.11. The molecule has 0 aliphatic carbocycles. The van der Waals surface area contributed by atoms with Crippen molar-refractivity contribution in [1.29, 1.82) is 0 Å². The van der Waals surface area contributed by atoms with E-state index in [0.29, 0.717) is 15.7 Å². The van der Waals surface area contributed by atoms with E-state index >= 15 is 0 Å². The molecule has 1 aliphatic heterocycles. The van der Waals surface area contributed by atoms with Crippen molar-refractivity contribution < 1.29 is 9.72 Å². The van der Waals surface area contributed by atoms with Crippen LogP contribution in [0.4, 0.5) is 5.69 Å². The number of carbonyl (C=O) groups is 1. The van der Waals surface area contributed by atoms with Crippen LogP contribution in [0.3, 0.4) is 0 Å². The van der Waals surface area contributed by atoms with Crippen LogP contribution in [0.2, 0.25) is 0 Å². The molecule has 0 fully saturated rings. The molecule has 5 nitrogen and oxygen atoms in total. The van der Waals surface area contributed by atoms with Crippen molar-refractivity contribution in [3.63, 3.8) is 0 Å². The summed E-state index contributed by atoms with van der Waals surface area (Å²) in [5.41, 5.74) is 0.566. The normalized spacial score (nSPS) is 16.3. The summed E-state index contributed by atoms with van der Waals surface area (Å²) in [5, 5.41) is 10.7. The number of benzene rings is 1. The molecule has 102 valence electrons. The molecule has 0 radical (unpaired) electrons. The van der Waals surface area contributed by atoms with Gasteiger partial charge in [0.2, 0.25) is 5.12 Å². The largest absolute Gasteiger partial charge is 0.279 e. The van der Waals surface area contributed by atoms with Crippen molar-refractivity contribution in [2.75, 3.05) is 5.75 Å². The Labute approximate surface area is 124 Å². The third-order valence-electron chi connectivity index (χ3n) is 2.35. The van der Waals surface area contributed by atoms with Gasteiger partial charge in [0.05, 0.1) is 10.5 Å². The van der Waals surface area contributed by atoms with E-state index in [1.54, 1.807) is 24.3 Å². The van der Waals surface area contributed by atoms with Gasteiger partial charge in [-0.1, -0.05) is 30.0 Å². The Hall–Kier alpha value is -1.86. The molecular weight excluding hydrogens is 296 g/mol. The smallest absolute Gasteiger partial charge is 0.276 e. The lowest BCUT2D eigenvalue weighted by molar-refractivity contribution is -0.385. The molecule has 0 saturated heterocycles. The highest BCUT2D eigenvalue weighted by Crippen LogP contribution is 2.32. The number of hydrogen-bond acceptors (Lipinski definition) is 6. The summed E-state index contributed by atoms with van der Waals surface area (Å²) in [6.45, 7) is 3.60. The van der Waals surface area contributed by atoms with Crippen LogP contribution in [-0.2, 0) is 4.79 Å². The van der Waals surface area contributed by atoms with Gasteiger partial charge in [0.25, 0.3) is 5.69 Å². The van der Waals surface area contributed by atoms with Gasteiger partial charge in [-0.3, -0.25) is 14.9 Å². The predicted octanol–water partition coefficient (Wildman–Crippen LogP) is 3.48. The molecule has 1 aromatic rings. The fraction of sp³-hybridized carbons (Fsp3) is 0.0769. The van der Waals surface area contributed by atoms with Gasteiger partial charge in [-0.15, -0.1) is 6.58 Å². The van der Waals surface area contributed by atoms with Gasteiger partial charge in [0.1, 0.15) is 10.1 Å². The van der Waals surface area contributed by atoms with E-state index in [1.807, 2.05) is 0 Å². The minimum absolute atomic E-state index is 0.0415. The quantitative estimate of drug-likeness (QED) is 0.368. The zero-order valence-corrected chi connectivity index (χ0v) is 11.9. The second kappa shape index (κ2) is 6.53. The van der Waals surface area contributed by atoms with Gasteiger partial charge in [-0.25, -0.2) is 4.99 Å². The number of hydrogen-bond donors (Lipinski definition) is 0. The first-order valence-electron chi connectivity index (χ1n) is 5.61. The topological polar surface area (TPSA) is 72.6 Å². The van der Waals surface area contributed by atoms with Crippen molar-refractivity contribution in [3.05, 3.63) is 58.3 Å². The Morgan fingerprint density at radius 3 is 2.90 bits per heavy atom. The molecule has 0 saturated carbocycles. The summed E-state index contributed by atoms with van der Waals surface area (Å²) < 4.78 is 0.639. The Morgan fingerprint density at radius 2 is 2.20 bits per heavy atom. The number of rotatable bonds is 4. The molecule has 1 heterocycles. The summed E-state index contributed by atoms with van der Waals surface area (Å²) in [6.07, 6.45) is 3.18. The molecule has 0 amide bonds. The molecule has 0 aromatic heterocycles. The third-order valence-corrected chi connectivity index (χ3v) is 4.36. The van der Waals surface area contributed by atoms with Crippen LogP contribution in [0.25, 0.3) is 6.08 Å². The molecule has 7 heteroatoms. The molecule has 0 spiro atoms. The van der Waals surface area contributed by atoms with Crippen LogP contribution in [-0.4, -0.2) is 20.2 Å². The summed E-state index contributed by atoms with van der Waals surface area (Å²) in [4.78, 5) is 26.4. The van der Waals surface area contributed by atoms with E-state index in [9.17, 15) is 14.9 Å². The van der Waals surface area contributed by atoms with Crippen LogP contribution in [0.1, 0.15) is 5.56 Å². The third kappa shape index (κ3) is 3.37. The number of carbonyl (C=O) groups excluding carboxylic acids is 1. The Morgan fingerprint density at radius 1 is 1.45 bits per heavy atom. The van der Waals surface area contributed by atoms with Crippen molar-refractivity contribution in [2.45, 2.75) is 0 Å². The molecule has 0 unspecified atom stereocenters. The molecular formula is C13H10N2O3S2. The first kappa shape index (κ1) is 14.5. The first-order valence-corrected chi connectivity index (χ1v) is 7.41. The van der Waals surface area contributed by atoms with Crippen LogP contribution < -0.4 is 0 Å². The Balaban J connectivity index is 2.31. The van der Waals surface area contributed by atoms with E-state index < -0.39 is 4.92 Å². The lowest BCUT2D eigenvalue weighted by Crippen LogP contribution is -1.93. The summed E-state index contributed by atoms with van der Waals surface area (Å²) in [7, 11) is 0. The van der Waals surface area contributed by atoms with Gasteiger partial charge >= 0.3 is 0 Å². The maximum Gasteiger partial charge on any atom is 0.276 e. The first-order chi connectivity index (χ1) is 9.61. The molecule has 2 rings (SSSR count). The Kier molecular flexibility index (Phi) is 4.75. The lowest BCUT2D eigenvalue weighted by atomic mass is 10.1. The fourth-order valence-electron chi connectivity index (χ4n) is 1.50. The number of para-hydroxylation sites is 1. The summed E-state index contributed by atoms with van der Waals surface area (Å²) >= 11 is 2.45. The lowest BCUT2D eigenvalue weighted by Gasteiger charge is -1.96. The molecule has 0 atom stereocenters. The van der Waals surface area contributed by atoms with Gasteiger partial charge in [-0.05, 0) is 23.9 Å². The standard InChI is InChI=1S/C13H10N2O3S2/c1-2-7-19-13-14-10(12(16)20-13)8-9-5-3-4-6-11(9)15(17)18/h2-6,8H,1,7H2/b10-8-. The maximum atomic E-state index is 11.8. The van der Waals surface area contributed by atoms with E-state index in [-0.39, 0.29) is 16.5 Å². The highest BCUT2D eigenvalue weighted by atomic mass is 32.2. The molecule has 0 N–H and O–H groups in total. The highest BCUT2D eigenvalue weighted by molar-refractivity contribution is 8.45. The van der Waals surface area contributed by atoms with E-state index in [0.717, 1.165) is 11.8 Å². The van der Waals surface area contributed by atoms with Crippen molar-refractivity contribution in [3.8, 4) is 0 Å². The van der Waals surface area contributed by atoms with Crippen molar-refractivity contribution in [1.82, 2.24) is 0 Å². The molecule has 1 aromatic carbocycles. The highest BCUT2D eigenvalue weighted by Gasteiger charge is 2.23. The van der Waals surface area contributed by atoms with Gasteiger partial charge in [-0.2, -0.15) is 0 Å². The van der Waals surface area contributed by atoms with Crippen LogP contribution in [0.15, 0.2) is 47.6 Å². The van der Waals surface area contributed by atoms with Gasteiger partial charge in [0.15, 0.2) is 0 Å². The molecule has 0 bridgehead atoms. The second-order valence-electron chi connectivity index (χ2n) is 3.71. The average molecular weight is 306 g/mol. The summed E-state index contributed by atoms with van der Waals surface area (Å²) in [6, 6.07) is 6.26. The van der Waals surface area contributed by atoms with Gasteiger partial charge in [0, 0.05) is 11.8 Å². The monoisotopic (exact) mass is 306 g/mol. The number of thioether (sulfide) groups is 2. The summed E-state index contributed by atoms with van der Waals surface area (Å²) in [5.74, 6) is 0.665. The van der Waals surface area contributed by atoms with Crippen LogP contribution in [0.5, 0.6) is 0 Å². The predicted molar refractivity (Wildman–Crippen MR) is 83.8 cm³/mol. The average Bonchev–Trinajstić information content (AvgIpc) is 2.77. The SMILES string of the molecule is C=CCSC1=N/C(=C\c2ccccc2[N+](=O)[O-])C(=O)S1. The van der Waals surface area contributed by atoms with E-state index in [4.69, 9.17) is 0 Å². The minimum Gasteiger partial charge on any atom is -0.279 e. The maximum absolute atomic E-state index is 11.8. The van der Waals surface area contributed by atoms with E-state index in [1.165, 1.54) is 23.9 Å². The van der Waals surface area contributed by atoms with Crippen molar-refractivity contribution in [2.24, 2.45) is 4.99 Å². The van der Waals surface area contributed by atoms with Crippen LogP contribution >= 0.6 is 23.5 Å². The minimum atomic E-state index is -0.476. The number of aliphatic imine (C=N–C) groups is 1. The van der Waals surface area contributed by atoms with E-state index in [2.05, 4.69) is 11.6 Å². The number of nitro groups is 1. The molecule has 20 heavy (non-hydrogen) atoms. The second-order valence-corrected chi connectivity index (χ2v) is 5.94. The van der Waals surface area contributed by atoms with Crippen molar-refractivity contribution >= 4 is 44.8 Å². The molecule has 1 aliphatic rings. The zero-order valence-electron chi connectivity index (χ0n) is 10.3. The van der Waals surface area contributed by atoms with Crippen LogP contribution in [0, 0.1) is 10.1 Å². The van der Waals surface area contributed by atoms with Gasteiger partial charge < -0.3 is 0 Å². The number of nitro benzene ring substituents is 1. The zero-order chi connectivity index (χ0) is 14.5. The number of nitrogens with zero attached hydrogens (tertiary/aromatic N) is 2.